The topological polar surface area (TPSA) is 72.5 Å². The van der Waals surface area contributed by atoms with Crippen LogP contribution in [0.2, 0.25) is 0 Å². The van der Waals surface area contributed by atoms with E-state index in [1.54, 1.807) is 36.0 Å². The number of hydrogen-bond acceptors (Lipinski definition) is 5. The Kier molecular flexibility index (Phi) is 6.97. The lowest BCUT2D eigenvalue weighted by atomic mass is 10.1. The first-order valence-electron chi connectivity index (χ1n) is 8.08. The lowest BCUT2D eigenvalue weighted by Crippen LogP contribution is -2.31. The van der Waals surface area contributed by atoms with Crippen molar-refractivity contribution in [2.75, 3.05) is 19.4 Å². The number of thioether (sulfide) groups is 1. The largest absolute Gasteiger partial charge is 0.456 e. The highest BCUT2D eigenvalue weighted by atomic mass is 32.2. The van der Waals surface area contributed by atoms with Crippen LogP contribution < -0.4 is 5.32 Å². The van der Waals surface area contributed by atoms with Crippen LogP contribution >= 0.6 is 11.8 Å². The fourth-order valence-electron chi connectivity index (χ4n) is 2.42. The number of amides is 1. The van der Waals surface area contributed by atoms with Crippen molar-refractivity contribution >= 4 is 29.4 Å². The second-order valence-electron chi connectivity index (χ2n) is 5.87. The van der Waals surface area contributed by atoms with E-state index in [0.29, 0.717) is 11.1 Å². The predicted molar refractivity (Wildman–Crippen MR) is 102 cm³/mol. The van der Waals surface area contributed by atoms with Gasteiger partial charge in [-0.2, -0.15) is 0 Å². The molecule has 0 aliphatic rings. The highest BCUT2D eigenvalue weighted by Gasteiger charge is 2.12. The third kappa shape index (κ3) is 5.74. The molecule has 0 aromatic heterocycles. The van der Waals surface area contributed by atoms with Gasteiger partial charge in [0.25, 0.3) is 5.91 Å². The Bertz CT molecular complexity index is 795. The molecule has 0 fully saturated rings. The van der Waals surface area contributed by atoms with Crippen LogP contribution in [0.3, 0.4) is 0 Å². The number of esters is 1. The Morgan fingerprint density at radius 3 is 2.15 bits per heavy atom. The highest BCUT2D eigenvalue weighted by molar-refractivity contribution is 7.98. The molecule has 6 heteroatoms. The van der Waals surface area contributed by atoms with E-state index in [1.165, 1.54) is 0 Å². The van der Waals surface area contributed by atoms with Crippen molar-refractivity contribution in [3.8, 4) is 0 Å². The van der Waals surface area contributed by atoms with E-state index in [-0.39, 0.29) is 24.8 Å². The quantitative estimate of drug-likeness (QED) is 0.460. The van der Waals surface area contributed by atoms with Crippen LogP contribution in [0.25, 0.3) is 0 Å². The third-order valence-corrected chi connectivity index (χ3v) is 4.40. The van der Waals surface area contributed by atoms with E-state index < -0.39 is 5.97 Å². The van der Waals surface area contributed by atoms with Crippen LogP contribution in [0.15, 0.2) is 47.4 Å². The maximum absolute atomic E-state index is 12.1. The molecule has 2 aromatic carbocycles. The van der Waals surface area contributed by atoms with Crippen LogP contribution in [-0.4, -0.2) is 37.1 Å². The molecule has 0 saturated heterocycles. The van der Waals surface area contributed by atoms with Crippen LogP contribution in [0.5, 0.6) is 0 Å². The number of hydrogen-bond donors (Lipinski definition) is 1. The van der Waals surface area contributed by atoms with Gasteiger partial charge in [-0.25, -0.2) is 0 Å². The van der Waals surface area contributed by atoms with Crippen molar-refractivity contribution in [2.45, 2.75) is 18.7 Å². The van der Waals surface area contributed by atoms with Crippen molar-refractivity contribution in [1.29, 1.82) is 0 Å². The number of carbonyl (C=O) groups excluding carboxylic acids is 3. The predicted octanol–water partition coefficient (Wildman–Crippen LogP) is 3.18. The zero-order valence-corrected chi connectivity index (χ0v) is 15.8. The number of aryl methyl sites for hydroxylation is 2. The van der Waals surface area contributed by atoms with Gasteiger partial charge in [-0.1, -0.05) is 29.3 Å². The number of Topliss-reactive ketones (excluding diaryl/α,β-unsaturated/α-hetero) is 1. The molecule has 0 aliphatic carbocycles. The van der Waals surface area contributed by atoms with E-state index in [1.807, 2.05) is 38.3 Å². The summed E-state index contributed by atoms with van der Waals surface area (Å²) in [4.78, 5) is 36.9. The monoisotopic (exact) mass is 371 g/mol. The summed E-state index contributed by atoms with van der Waals surface area (Å²) in [6.07, 6.45) is 1.95. The minimum absolute atomic E-state index is 0.286. The standard InChI is InChI=1S/C20H21NO4S/c1-13-8-14(2)10-16(9-13)20(24)21-11-19(23)25-12-18(22)15-4-6-17(26-3)7-5-15/h4-10H,11-12H2,1-3H3,(H,21,24). The summed E-state index contributed by atoms with van der Waals surface area (Å²) in [5, 5.41) is 2.50. The summed E-state index contributed by atoms with van der Waals surface area (Å²) in [5.74, 6) is -1.30. The normalized spacial score (nSPS) is 10.3. The number of nitrogens with one attached hydrogen (secondary N) is 1. The molecule has 0 atom stereocenters. The van der Waals surface area contributed by atoms with Crippen molar-refractivity contribution in [3.63, 3.8) is 0 Å². The van der Waals surface area contributed by atoms with E-state index in [4.69, 9.17) is 4.74 Å². The van der Waals surface area contributed by atoms with Gasteiger partial charge in [-0.15, -0.1) is 11.8 Å². The molecule has 0 bridgehead atoms. The minimum Gasteiger partial charge on any atom is -0.456 e. The minimum atomic E-state index is -0.656. The number of carbonyl (C=O) groups is 3. The van der Waals surface area contributed by atoms with Gasteiger partial charge >= 0.3 is 5.97 Å². The van der Waals surface area contributed by atoms with Crippen molar-refractivity contribution < 1.29 is 19.1 Å². The molecule has 0 radical (unpaired) electrons. The maximum atomic E-state index is 12.1. The zero-order valence-electron chi connectivity index (χ0n) is 15.0. The van der Waals surface area contributed by atoms with Gasteiger partial charge in [0.2, 0.25) is 0 Å². The highest BCUT2D eigenvalue weighted by Crippen LogP contribution is 2.15. The maximum Gasteiger partial charge on any atom is 0.325 e. The van der Waals surface area contributed by atoms with E-state index in [0.717, 1.165) is 16.0 Å². The number of benzene rings is 2. The zero-order chi connectivity index (χ0) is 19.1. The Labute approximate surface area is 157 Å². The molecule has 2 rings (SSSR count). The molecule has 5 nitrogen and oxygen atoms in total. The number of ether oxygens (including phenoxy) is 1. The molecule has 26 heavy (non-hydrogen) atoms. The molecule has 1 amide bonds. The molecule has 0 spiro atoms. The van der Waals surface area contributed by atoms with Gasteiger partial charge < -0.3 is 10.1 Å². The van der Waals surface area contributed by atoms with Crippen LogP contribution in [0, 0.1) is 13.8 Å². The molecule has 2 aromatic rings. The Hall–Kier alpha value is -2.60. The lowest BCUT2D eigenvalue weighted by Gasteiger charge is -2.08. The second-order valence-corrected chi connectivity index (χ2v) is 6.75. The molecular weight excluding hydrogens is 350 g/mol. The van der Waals surface area contributed by atoms with Crippen LogP contribution in [0.1, 0.15) is 31.8 Å². The summed E-state index contributed by atoms with van der Waals surface area (Å²) in [7, 11) is 0. The van der Waals surface area contributed by atoms with Crippen molar-refractivity contribution in [1.82, 2.24) is 5.32 Å². The lowest BCUT2D eigenvalue weighted by molar-refractivity contribution is -0.141. The van der Waals surface area contributed by atoms with Gasteiger partial charge in [-0.05, 0) is 44.4 Å². The van der Waals surface area contributed by atoms with Crippen molar-refractivity contribution in [2.24, 2.45) is 0 Å². The number of ketones is 1. The summed E-state index contributed by atoms with van der Waals surface area (Å²) in [6, 6.07) is 12.5. The Morgan fingerprint density at radius 2 is 1.58 bits per heavy atom. The summed E-state index contributed by atoms with van der Waals surface area (Å²) in [5.41, 5.74) is 2.90. The third-order valence-electron chi connectivity index (χ3n) is 3.65. The molecule has 0 unspecified atom stereocenters. The van der Waals surface area contributed by atoms with Gasteiger partial charge in [0, 0.05) is 16.0 Å². The Morgan fingerprint density at radius 1 is 0.962 bits per heavy atom. The molecule has 136 valence electrons. The summed E-state index contributed by atoms with van der Waals surface area (Å²) < 4.78 is 4.94. The summed E-state index contributed by atoms with van der Waals surface area (Å²) in [6.45, 7) is 3.16. The van der Waals surface area contributed by atoms with E-state index >= 15 is 0 Å². The Balaban J connectivity index is 1.80. The van der Waals surface area contributed by atoms with E-state index in [2.05, 4.69) is 5.32 Å². The molecule has 0 aliphatic heterocycles. The first-order chi connectivity index (χ1) is 12.4. The van der Waals surface area contributed by atoms with Gasteiger partial charge in [0.1, 0.15) is 6.54 Å². The van der Waals surface area contributed by atoms with Gasteiger partial charge in [-0.3, -0.25) is 14.4 Å². The van der Waals surface area contributed by atoms with Crippen molar-refractivity contribution in [3.05, 3.63) is 64.7 Å². The first-order valence-corrected chi connectivity index (χ1v) is 9.31. The molecule has 0 heterocycles. The fraction of sp³-hybridized carbons (Fsp3) is 0.250. The van der Waals surface area contributed by atoms with Crippen LogP contribution in [-0.2, 0) is 9.53 Å². The SMILES string of the molecule is CSc1ccc(C(=O)COC(=O)CNC(=O)c2cc(C)cc(C)c2)cc1. The van der Waals surface area contributed by atoms with Gasteiger partial charge in [0.05, 0.1) is 0 Å². The van der Waals surface area contributed by atoms with Gasteiger partial charge in [0.15, 0.2) is 12.4 Å². The summed E-state index contributed by atoms with van der Waals surface area (Å²) >= 11 is 1.58. The fourth-order valence-corrected chi connectivity index (χ4v) is 2.83. The smallest absolute Gasteiger partial charge is 0.325 e. The number of rotatable bonds is 7. The second kappa shape index (κ2) is 9.20. The average molecular weight is 371 g/mol. The average Bonchev–Trinajstić information content (AvgIpc) is 2.63. The molecular formula is C20H21NO4S. The first kappa shape index (κ1) is 19.7. The molecule has 1 N–H and O–H groups in total. The van der Waals surface area contributed by atoms with Crippen LogP contribution in [0.4, 0.5) is 0 Å². The molecule has 0 saturated carbocycles. The van der Waals surface area contributed by atoms with E-state index in [9.17, 15) is 14.4 Å².